The summed E-state index contributed by atoms with van der Waals surface area (Å²) < 4.78 is 12.2. The Hall–Kier alpha value is -2.07. The largest absolute Gasteiger partial charge is 0.480 e. The second-order valence-corrected chi connectivity index (χ2v) is 6.18. The van der Waals surface area contributed by atoms with Crippen molar-refractivity contribution in [3.8, 4) is 11.6 Å². The highest BCUT2D eigenvalue weighted by atomic mass is 16.5. The van der Waals surface area contributed by atoms with Crippen LogP contribution in [0, 0.1) is 5.92 Å². The number of aromatic nitrogens is 1. The van der Waals surface area contributed by atoms with E-state index < -0.39 is 0 Å². The molecule has 4 heteroatoms. The Bertz CT molecular complexity index is 610. The van der Waals surface area contributed by atoms with E-state index >= 15 is 0 Å². The summed E-state index contributed by atoms with van der Waals surface area (Å²) in [5.41, 5.74) is 1.19. The average Bonchev–Trinajstić information content (AvgIpc) is 3.08. The lowest BCUT2D eigenvalue weighted by atomic mass is 9.95. The summed E-state index contributed by atoms with van der Waals surface area (Å²) in [5.74, 6) is 1.72. The van der Waals surface area contributed by atoms with Crippen LogP contribution in [0.2, 0.25) is 0 Å². The van der Waals surface area contributed by atoms with Crippen molar-refractivity contribution in [1.29, 1.82) is 0 Å². The van der Waals surface area contributed by atoms with Gasteiger partial charge in [-0.1, -0.05) is 30.3 Å². The highest BCUT2D eigenvalue weighted by Gasteiger charge is 2.29. The zero-order valence-corrected chi connectivity index (χ0v) is 13.7. The predicted octanol–water partition coefficient (Wildman–Crippen LogP) is 3.60. The number of rotatable bonds is 6. The maximum absolute atomic E-state index is 6.39. The van der Waals surface area contributed by atoms with Crippen LogP contribution in [0.3, 0.4) is 0 Å². The molecule has 0 saturated carbocycles. The molecule has 1 aliphatic heterocycles. The van der Waals surface area contributed by atoms with Gasteiger partial charge < -0.3 is 14.8 Å². The van der Waals surface area contributed by atoms with E-state index in [9.17, 15) is 0 Å². The van der Waals surface area contributed by atoms with Gasteiger partial charge in [-0.05, 0) is 44.5 Å². The molecular formula is C19H24N2O2. The number of hydrogen-bond donors (Lipinski definition) is 1. The minimum absolute atomic E-state index is 0.00455. The van der Waals surface area contributed by atoms with Crippen molar-refractivity contribution in [3.05, 3.63) is 54.2 Å². The standard InChI is InChI=1S/C19H24N2O2/c1-14(2)22-19-17(9-6-11-21-19)23-18(16-10-12-20-13-16)15-7-4-3-5-8-15/h3-9,11,14,16,18,20H,10,12-13H2,1-2H3/t16-,18-/m0/s1. The Morgan fingerprint density at radius 3 is 2.61 bits per heavy atom. The fourth-order valence-corrected chi connectivity index (χ4v) is 2.93. The molecule has 1 aromatic carbocycles. The molecule has 0 bridgehead atoms. The van der Waals surface area contributed by atoms with Crippen LogP contribution in [-0.2, 0) is 0 Å². The molecule has 0 aliphatic carbocycles. The minimum atomic E-state index is 0.00455. The molecule has 1 aliphatic rings. The van der Waals surface area contributed by atoms with E-state index in [0.29, 0.717) is 17.5 Å². The van der Waals surface area contributed by atoms with E-state index in [1.165, 1.54) is 5.56 Å². The molecule has 122 valence electrons. The van der Waals surface area contributed by atoms with Gasteiger partial charge in [-0.3, -0.25) is 0 Å². The summed E-state index contributed by atoms with van der Waals surface area (Å²) in [6, 6.07) is 14.2. The summed E-state index contributed by atoms with van der Waals surface area (Å²) in [4.78, 5) is 4.33. The highest BCUT2D eigenvalue weighted by molar-refractivity contribution is 5.34. The van der Waals surface area contributed by atoms with Gasteiger partial charge in [0.1, 0.15) is 6.10 Å². The zero-order chi connectivity index (χ0) is 16.1. The first-order chi connectivity index (χ1) is 11.2. The first-order valence-electron chi connectivity index (χ1n) is 8.28. The van der Waals surface area contributed by atoms with Crippen LogP contribution in [0.5, 0.6) is 11.6 Å². The second-order valence-electron chi connectivity index (χ2n) is 6.18. The fraction of sp³-hybridized carbons (Fsp3) is 0.421. The Morgan fingerprint density at radius 2 is 1.91 bits per heavy atom. The molecule has 2 atom stereocenters. The normalized spacial score (nSPS) is 18.8. The van der Waals surface area contributed by atoms with Gasteiger partial charge in [0.15, 0.2) is 5.75 Å². The third kappa shape index (κ3) is 4.02. The van der Waals surface area contributed by atoms with E-state index in [2.05, 4.69) is 34.6 Å². The SMILES string of the molecule is CC(C)Oc1ncccc1O[C@@H](c1ccccc1)[C@H]1CCNC1. The van der Waals surface area contributed by atoms with Gasteiger partial charge in [0.05, 0.1) is 6.10 Å². The van der Waals surface area contributed by atoms with E-state index in [-0.39, 0.29) is 12.2 Å². The molecule has 0 unspecified atom stereocenters. The summed E-state index contributed by atoms with van der Waals surface area (Å²) >= 11 is 0. The number of pyridine rings is 1. The molecule has 1 aromatic heterocycles. The molecule has 2 heterocycles. The van der Waals surface area contributed by atoms with Crippen LogP contribution in [0.4, 0.5) is 0 Å². The molecule has 3 rings (SSSR count). The van der Waals surface area contributed by atoms with Crippen molar-refractivity contribution in [3.63, 3.8) is 0 Å². The predicted molar refractivity (Wildman–Crippen MR) is 90.8 cm³/mol. The van der Waals surface area contributed by atoms with Crippen molar-refractivity contribution in [2.45, 2.75) is 32.5 Å². The Balaban J connectivity index is 1.87. The van der Waals surface area contributed by atoms with Crippen molar-refractivity contribution >= 4 is 0 Å². The van der Waals surface area contributed by atoms with E-state index in [1.807, 2.05) is 32.0 Å². The third-order valence-corrected chi connectivity index (χ3v) is 3.99. The molecule has 0 spiro atoms. The number of hydrogen-bond acceptors (Lipinski definition) is 4. The quantitative estimate of drug-likeness (QED) is 0.885. The molecule has 0 radical (unpaired) electrons. The first kappa shape index (κ1) is 15.8. The summed E-state index contributed by atoms with van der Waals surface area (Å²) in [5, 5.41) is 3.43. The summed E-state index contributed by atoms with van der Waals surface area (Å²) in [6.45, 7) is 6.00. The van der Waals surface area contributed by atoms with E-state index in [4.69, 9.17) is 9.47 Å². The topological polar surface area (TPSA) is 43.4 Å². The van der Waals surface area contributed by atoms with Crippen molar-refractivity contribution in [2.24, 2.45) is 5.92 Å². The fourth-order valence-electron chi connectivity index (χ4n) is 2.93. The molecule has 0 amide bonds. The minimum Gasteiger partial charge on any atom is -0.480 e. The van der Waals surface area contributed by atoms with Crippen molar-refractivity contribution in [1.82, 2.24) is 10.3 Å². The highest BCUT2D eigenvalue weighted by Crippen LogP contribution is 2.35. The molecule has 1 fully saturated rings. The second kappa shape index (κ2) is 7.47. The Morgan fingerprint density at radius 1 is 1.09 bits per heavy atom. The maximum atomic E-state index is 6.39. The number of benzene rings is 1. The van der Waals surface area contributed by atoms with Crippen molar-refractivity contribution < 1.29 is 9.47 Å². The van der Waals surface area contributed by atoms with Gasteiger partial charge in [-0.2, -0.15) is 0 Å². The van der Waals surface area contributed by atoms with Crippen LogP contribution >= 0.6 is 0 Å². The Labute approximate surface area is 137 Å². The number of nitrogens with one attached hydrogen (secondary N) is 1. The van der Waals surface area contributed by atoms with Gasteiger partial charge in [0, 0.05) is 18.7 Å². The Kier molecular flexibility index (Phi) is 5.13. The summed E-state index contributed by atoms with van der Waals surface area (Å²) in [7, 11) is 0. The van der Waals surface area contributed by atoms with Crippen LogP contribution in [0.15, 0.2) is 48.7 Å². The van der Waals surface area contributed by atoms with E-state index in [1.54, 1.807) is 6.20 Å². The van der Waals surface area contributed by atoms with Gasteiger partial charge in [0.25, 0.3) is 5.88 Å². The number of ether oxygens (including phenoxy) is 2. The van der Waals surface area contributed by atoms with Crippen LogP contribution in [0.25, 0.3) is 0 Å². The van der Waals surface area contributed by atoms with Gasteiger partial charge in [0.2, 0.25) is 0 Å². The van der Waals surface area contributed by atoms with Gasteiger partial charge in [-0.15, -0.1) is 0 Å². The third-order valence-electron chi connectivity index (χ3n) is 3.99. The molecule has 1 N–H and O–H groups in total. The average molecular weight is 312 g/mol. The molecule has 2 aromatic rings. The zero-order valence-electron chi connectivity index (χ0n) is 13.7. The lowest BCUT2D eigenvalue weighted by molar-refractivity contribution is 0.130. The van der Waals surface area contributed by atoms with Gasteiger partial charge in [-0.25, -0.2) is 4.98 Å². The lowest BCUT2D eigenvalue weighted by Crippen LogP contribution is -2.22. The monoisotopic (exact) mass is 312 g/mol. The smallest absolute Gasteiger partial charge is 0.257 e. The molecular weight excluding hydrogens is 288 g/mol. The van der Waals surface area contributed by atoms with Gasteiger partial charge >= 0.3 is 0 Å². The summed E-state index contributed by atoms with van der Waals surface area (Å²) in [6.07, 6.45) is 2.92. The molecule has 1 saturated heterocycles. The molecule has 4 nitrogen and oxygen atoms in total. The first-order valence-corrected chi connectivity index (χ1v) is 8.28. The lowest BCUT2D eigenvalue weighted by Gasteiger charge is -2.25. The van der Waals surface area contributed by atoms with Crippen LogP contribution < -0.4 is 14.8 Å². The number of nitrogens with zero attached hydrogens (tertiary/aromatic N) is 1. The van der Waals surface area contributed by atoms with E-state index in [0.717, 1.165) is 19.5 Å². The van der Waals surface area contributed by atoms with Crippen LogP contribution in [-0.4, -0.2) is 24.2 Å². The van der Waals surface area contributed by atoms with Crippen molar-refractivity contribution in [2.75, 3.05) is 13.1 Å². The van der Waals surface area contributed by atoms with Crippen LogP contribution in [0.1, 0.15) is 31.9 Å². The molecule has 23 heavy (non-hydrogen) atoms. The maximum Gasteiger partial charge on any atom is 0.257 e.